The summed E-state index contributed by atoms with van der Waals surface area (Å²) >= 11 is 3.19. The van der Waals surface area contributed by atoms with Crippen molar-refractivity contribution in [3.63, 3.8) is 0 Å². The van der Waals surface area contributed by atoms with Gasteiger partial charge in [-0.2, -0.15) is 0 Å². The minimum absolute atomic E-state index is 0.167. The van der Waals surface area contributed by atoms with E-state index in [9.17, 15) is 14.5 Å². The van der Waals surface area contributed by atoms with Crippen LogP contribution in [0.3, 0.4) is 0 Å². The molecule has 0 fully saturated rings. The molecule has 0 atom stereocenters. The van der Waals surface area contributed by atoms with Crippen molar-refractivity contribution in [1.29, 1.82) is 0 Å². The number of benzene rings is 1. The highest BCUT2D eigenvalue weighted by molar-refractivity contribution is 9.10. The van der Waals surface area contributed by atoms with Gasteiger partial charge in [-0.25, -0.2) is 4.39 Å². The van der Waals surface area contributed by atoms with E-state index in [0.717, 1.165) is 18.2 Å². The molecule has 92 valence electrons. The van der Waals surface area contributed by atoms with E-state index in [4.69, 9.17) is 4.74 Å². The average Bonchev–Trinajstić information content (AvgIpc) is 2.28. The first-order valence-corrected chi connectivity index (χ1v) is 5.58. The average molecular weight is 313 g/mol. The van der Waals surface area contributed by atoms with Crippen molar-refractivity contribution >= 4 is 21.6 Å². The van der Waals surface area contributed by atoms with Gasteiger partial charge in [-0.3, -0.25) is 15.1 Å². The molecule has 0 spiro atoms. The lowest BCUT2D eigenvalue weighted by molar-refractivity contribution is -0.385. The van der Waals surface area contributed by atoms with Crippen LogP contribution in [0.5, 0.6) is 11.5 Å². The highest BCUT2D eigenvalue weighted by atomic mass is 79.9. The fraction of sp³-hybridized carbons (Fsp3) is 0. The Morgan fingerprint density at radius 3 is 2.78 bits per heavy atom. The summed E-state index contributed by atoms with van der Waals surface area (Å²) in [4.78, 5) is 14.0. The molecule has 0 radical (unpaired) electrons. The van der Waals surface area contributed by atoms with Gasteiger partial charge in [0.1, 0.15) is 11.6 Å². The summed E-state index contributed by atoms with van der Waals surface area (Å²) in [6.45, 7) is 0. The molecule has 5 nitrogen and oxygen atoms in total. The Labute approximate surface area is 110 Å². The Hall–Kier alpha value is -2.02. The molecule has 1 aromatic heterocycles. The molecule has 0 saturated heterocycles. The fourth-order valence-corrected chi connectivity index (χ4v) is 1.64. The number of nitro benzene ring substituents is 1. The van der Waals surface area contributed by atoms with Crippen LogP contribution in [0, 0.1) is 15.9 Å². The zero-order valence-corrected chi connectivity index (χ0v) is 10.4. The molecular formula is C11H6BrFN2O3. The largest absolute Gasteiger partial charge is 0.448 e. The predicted molar refractivity (Wildman–Crippen MR) is 65.1 cm³/mol. The second kappa shape index (κ2) is 5.09. The van der Waals surface area contributed by atoms with Crippen molar-refractivity contribution in [2.75, 3.05) is 0 Å². The Bertz CT molecular complexity index is 607. The van der Waals surface area contributed by atoms with Crippen LogP contribution in [-0.2, 0) is 0 Å². The number of aromatic nitrogens is 1. The molecule has 0 bridgehead atoms. The van der Waals surface area contributed by atoms with Crippen LogP contribution in [0.2, 0.25) is 0 Å². The van der Waals surface area contributed by atoms with Crippen LogP contribution in [0.4, 0.5) is 10.1 Å². The lowest BCUT2D eigenvalue weighted by Crippen LogP contribution is -1.94. The number of hydrogen-bond donors (Lipinski definition) is 0. The lowest BCUT2D eigenvalue weighted by atomic mass is 10.3. The van der Waals surface area contributed by atoms with Crippen LogP contribution in [-0.4, -0.2) is 9.91 Å². The highest BCUT2D eigenvalue weighted by Crippen LogP contribution is 2.32. The summed E-state index contributed by atoms with van der Waals surface area (Å²) in [5, 5.41) is 10.8. The topological polar surface area (TPSA) is 65.3 Å². The predicted octanol–water partition coefficient (Wildman–Crippen LogP) is 3.68. The van der Waals surface area contributed by atoms with E-state index in [0.29, 0.717) is 4.47 Å². The molecule has 0 aliphatic carbocycles. The monoisotopic (exact) mass is 312 g/mol. The lowest BCUT2D eigenvalue weighted by Gasteiger charge is -2.06. The van der Waals surface area contributed by atoms with Gasteiger partial charge in [-0.15, -0.1) is 0 Å². The minimum atomic E-state index is -0.639. The van der Waals surface area contributed by atoms with Gasteiger partial charge in [0.05, 0.1) is 11.1 Å². The summed E-state index contributed by atoms with van der Waals surface area (Å²) < 4.78 is 19.0. The van der Waals surface area contributed by atoms with E-state index in [2.05, 4.69) is 20.9 Å². The second-order valence-corrected chi connectivity index (χ2v) is 4.23. The molecule has 7 heteroatoms. The van der Waals surface area contributed by atoms with Gasteiger partial charge in [-0.05, 0) is 28.1 Å². The minimum Gasteiger partial charge on any atom is -0.448 e. The Balaban J connectivity index is 2.39. The standard InChI is InChI=1S/C11H6BrFN2O3/c12-7-3-9(6-14-5-7)18-11-4-8(13)1-2-10(11)15(16)17/h1-6H. The first kappa shape index (κ1) is 12.4. The van der Waals surface area contributed by atoms with Crippen molar-refractivity contribution in [2.45, 2.75) is 0 Å². The van der Waals surface area contributed by atoms with Gasteiger partial charge in [0, 0.05) is 22.8 Å². The van der Waals surface area contributed by atoms with E-state index in [1.54, 1.807) is 6.07 Å². The molecule has 2 aromatic rings. The van der Waals surface area contributed by atoms with Crippen molar-refractivity contribution in [3.05, 3.63) is 57.1 Å². The fourth-order valence-electron chi connectivity index (χ4n) is 1.30. The van der Waals surface area contributed by atoms with E-state index < -0.39 is 10.7 Å². The molecule has 0 aliphatic rings. The summed E-state index contributed by atoms with van der Waals surface area (Å²) in [5.74, 6) is -0.503. The second-order valence-electron chi connectivity index (χ2n) is 3.31. The first-order valence-electron chi connectivity index (χ1n) is 4.78. The van der Waals surface area contributed by atoms with Gasteiger partial charge < -0.3 is 4.74 Å². The summed E-state index contributed by atoms with van der Waals surface area (Å²) in [5.41, 5.74) is -0.309. The number of ether oxygens (including phenoxy) is 1. The van der Waals surface area contributed by atoms with Gasteiger partial charge >= 0.3 is 5.69 Å². The van der Waals surface area contributed by atoms with Crippen molar-refractivity contribution in [3.8, 4) is 11.5 Å². The Morgan fingerprint density at radius 1 is 1.33 bits per heavy atom. The van der Waals surface area contributed by atoms with Gasteiger partial charge in [0.2, 0.25) is 5.75 Å². The van der Waals surface area contributed by atoms with Crippen molar-refractivity contribution < 1.29 is 14.1 Å². The maximum absolute atomic E-state index is 13.1. The highest BCUT2D eigenvalue weighted by Gasteiger charge is 2.16. The third-order valence-electron chi connectivity index (χ3n) is 2.03. The number of hydrogen-bond acceptors (Lipinski definition) is 4. The van der Waals surface area contributed by atoms with E-state index >= 15 is 0 Å². The summed E-state index contributed by atoms with van der Waals surface area (Å²) in [7, 11) is 0. The van der Waals surface area contributed by atoms with E-state index in [1.807, 2.05) is 0 Å². The van der Waals surface area contributed by atoms with Crippen LogP contribution in [0.15, 0.2) is 41.1 Å². The van der Waals surface area contributed by atoms with Gasteiger partial charge in [0.25, 0.3) is 0 Å². The number of pyridine rings is 1. The Kier molecular flexibility index (Phi) is 3.52. The first-order chi connectivity index (χ1) is 8.56. The maximum atomic E-state index is 13.1. The van der Waals surface area contributed by atoms with Gasteiger partial charge in [-0.1, -0.05) is 0 Å². The maximum Gasteiger partial charge on any atom is 0.311 e. The molecule has 0 N–H and O–H groups in total. The molecule has 1 aromatic carbocycles. The van der Waals surface area contributed by atoms with E-state index in [-0.39, 0.29) is 17.2 Å². The van der Waals surface area contributed by atoms with Crippen LogP contribution in [0.1, 0.15) is 0 Å². The quantitative estimate of drug-likeness (QED) is 0.640. The zero-order chi connectivity index (χ0) is 13.1. The molecule has 0 unspecified atom stereocenters. The molecule has 0 aliphatic heterocycles. The SMILES string of the molecule is O=[N+]([O-])c1ccc(F)cc1Oc1cncc(Br)c1. The third-order valence-corrected chi connectivity index (χ3v) is 2.46. The molecular weight excluding hydrogens is 307 g/mol. The number of nitro groups is 1. The normalized spacial score (nSPS) is 10.1. The molecule has 2 rings (SSSR count). The number of rotatable bonds is 3. The van der Waals surface area contributed by atoms with Crippen LogP contribution >= 0.6 is 15.9 Å². The van der Waals surface area contributed by atoms with Crippen molar-refractivity contribution in [2.24, 2.45) is 0 Å². The smallest absolute Gasteiger partial charge is 0.311 e. The van der Waals surface area contributed by atoms with Crippen LogP contribution < -0.4 is 4.74 Å². The van der Waals surface area contributed by atoms with Crippen molar-refractivity contribution in [1.82, 2.24) is 4.98 Å². The molecule has 18 heavy (non-hydrogen) atoms. The molecule has 0 amide bonds. The molecule has 0 saturated carbocycles. The third kappa shape index (κ3) is 2.80. The summed E-state index contributed by atoms with van der Waals surface area (Å²) in [6.07, 6.45) is 2.91. The summed E-state index contributed by atoms with van der Waals surface area (Å²) in [6, 6.07) is 4.58. The van der Waals surface area contributed by atoms with Crippen LogP contribution in [0.25, 0.3) is 0 Å². The Morgan fingerprint density at radius 2 is 2.11 bits per heavy atom. The van der Waals surface area contributed by atoms with Gasteiger partial charge in [0.15, 0.2) is 0 Å². The zero-order valence-electron chi connectivity index (χ0n) is 8.84. The number of halogens is 2. The van der Waals surface area contributed by atoms with E-state index in [1.165, 1.54) is 12.4 Å². The number of nitrogens with zero attached hydrogens (tertiary/aromatic N) is 2. The molecule has 1 heterocycles.